The van der Waals surface area contributed by atoms with Gasteiger partial charge in [-0.2, -0.15) is 0 Å². The summed E-state index contributed by atoms with van der Waals surface area (Å²) in [6.45, 7) is 2.10. The molecule has 58 valence electrons. The maximum absolute atomic E-state index is 8.03. The molecule has 0 aromatic carbocycles. The summed E-state index contributed by atoms with van der Waals surface area (Å²) in [5.41, 5.74) is 8.03. The summed E-state index contributed by atoms with van der Waals surface area (Å²) in [7, 11) is 1.83. The highest BCUT2D eigenvalue weighted by atomic mass is 15.3. The van der Waals surface area contributed by atoms with Gasteiger partial charge in [-0.25, -0.2) is 0 Å². The van der Waals surface area contributed by atoms with E-state index in [0.29, 0.717) is 5.82 Å². The molecule has 0 atom stereocenters. The Morgan fingerprint density at radius 3 is 2.82 bits per heavy atom. The van der Waals surface area contributed by atoms with Crippen molar-refractivity contribution in [3.8, 4) is 0 Å². The van der Waals surface area contributed by atoms with Gasteiger partial charge in [-0.3, -0.25) is 0 Å². The third-order valence-corrected chi connectivity index (χ3v) is 1.46. The lowest BCUT2D eigenvalue weighted by Crippen LogP contribution is -1.97. The van der Waals surface area contributed by atoms with Crippen LogP contribution in [0.25, 0.3) is 10.4 Å². The first kappa shape index (κ1) is 7.56. The van der Waals surface area contributed by atoms with Crippen molar-refractivity contribution in [3.05, 3.63) is 22.1 Å². The molecule has 6 heteroatoms. The highest BCUT2D eigenvalue weighted by Crippen LogP contribution is 1.98. The first-order valence-corrected chi connectivity index (χ1v) is 3.11. The predicted octanol–water partition coefficient (Wildman–Crippen LogP) is 0.934. The molecule has 0 aliphatic heterocycles. The Balaban J connectivity index is 2.86. The van der Waals surface area contributed by atoms with Crippen LogP contribution in [0.2, 0.25) is 0 Å². The van der Waals surface area contributed by atoms with Gasteiger partial charge in [0.15, 0.2) is 0 Å². The van der Waals surface area contributed by atoms with Crippen molar-refractivity contribution in [2.75, 3.05) is 0 Å². The van der Waals surface area contributed by atoms with E-state index in [9.17, 15) is 0 Å². The van der Waals surface area contributed by atoms with Crippen LogP contribution in [0.4, 0.5) is 0 Å². The zero-order valence-electron chi connectivity index (χ0n) is 6.39. The second-order valence-corrected chi connectivity index (χ2v) is 2.11. The molecule has 1 aromatic heterocycles. The summed E-state index contributed by atoms with van der Waals surface area (Å²) >= 11 is 0. The van der Waals surface area contributed by atoms with Crippen molar-refractivity contribution >= 4 is 0 Å². The van der Waals surface area contributed by atoms with E-state index in [1.807, 2.05) is 14.0 Å². The van der Waals surface area contributed by atoms with E-state index in [0.717, 1.165) is 5.82 Å². The summed E-state index contributed by atoms with van der Waals surface area (Å²) in [6.07, 6.45) is 0. The molecular formula is C5H8N6. The molecule has 6 nitrogen and oxygen atoms in total. The first-order valence-electron chi connectivity index (χ1n) is 3.11. The largest absolute Gasteiger partial charge is 0.318 e. The van der Waals surface area contributed by atoms with Gasteiger partial charge in [0.05, 0.1) is 6.54 Å². The van der Waals surface area contributed by atoms with Crippen molar-refractivity contribution in [2.45, 2.75) is 13.5 Å². The van der Waals surface area contributed by atoms with Gasteiger partial charge in [0, 0.05) is 12.0 Å². The molecule has 0 bridgehead atoms. The highest BCUT2D eigenvalue weighted by molar-refractivity contribution is 4.91. The summed E-state index contributed by atoms with van der Waals surface area (Å²) < 4.78 is 1.79. The van der Waals surface area contributed by atoms with Gasteiger partial charge < -0.3 is 4.57 Å². The summed E-state index contributed by atoms with van der Waals surface area (Å²) in [5, 5.41) is 11.0. The second-order valence-electron chi connectivity index (χ2n) is 2.11. The third-order valence-electron chi connectivity index (χ3n) is 1.46. The average molecular weight is 152 g/mol. The number of aryl methyl sites for hydroxylation is 1. The monoisotopic (exact) mass is 152 g/mol. The zero-order chi connectivity index (χ0) is 8.27. The van der Waals surface area contributed by atoms with Crippen LogP contribution in [0.1, 0.15) is 11.6 Å². The van der Waals surface area contributed by atoms with E-state index < -0.39 is 0 Å². The van der Waals surface area contributed by atoms with Gasteiger partial charge >= 0.3 is 0 Å². The number of rotatable bonds is 2. The molecule has 0 N–H and O–H groups in total. The van der Waals surface area contributed by atoms with Crippen LogP contribution >= 0.6 is 0 Å². The fraction of sp³-hybridized carbons (Fsp3) is 0.600. The molecule has 0 saturated carbocycles. The topological polar surface area (TPSA) is 79.5 Å². The Kier molecular flexibility index (Phi) is 2.08. The predicted molar refractivity (Wildman–Crippen MR) is 38.6 cm³/mol. The van der Waals surface area contributed by atoms with E-state index in [4.69, 9.17) is 5.53 Å². The molecule has 0 radical (unpaired) electrons. The Hall–Kier alpha value is -1.55. The van der Waals surface area contributed by atoms with Crippen LogP contribution in [-0.2, 0) is 13.6 Å². The molecule has 0 saturated heterocycles. The van der Waals surface area contributed by atoms with Crippen LogP contribution in [0, 0.1) is 6.92 Å². The smallest absolute Gasteiger partial charge is 0.138 e. The van der Waals surface area contributed by atoms with Crippen LogP contribution in [0.5, 0.6) is 0 Å². The Labute approximate surface area is 63.5 Å². The molecule has 0 spiro atoms. The van der Waals surface area contributed by atoms with Crippen molar-refractivity contribution in [1.82, 2.24) is 14.8 Å². The lowest BCUT2D eigenvalue weighted by molar-refractivity contribution is 0.771. The molecule has 0 aliphatic carbocycles. The fourth-order valence-electron chi connectivity index (χ4n) is 0.684. The van der Waals surface area contributed by atoms with Crippen molar-refractivity contribution in [1.29, 1.82) is 0 Å². The number of aromatic nitrogens is 3. The molecule has 11 heavy (non-hydrogen) atoms. The van der Waals surface area contributed by atoms with Crippen molar-refractivity contribution < 1.29 is 0 Å². The van der Waals surface area contributed by atoms with Gasteiger partial charge in [-0.15, -0.1) is 10.2 Å². The third kappa shape index (κ3) is 1.47. The van der Waals surface area contributed by atoms with E-state index >= 15 is 0 Å². The number of azide groups is 1. The lowest BCUT2D eigenvalue weighted by Gasteiger charge is -1.94. The van der Waals surface area contributed by atoms with Crippen molar-refractivity contribution in [3.63, 3.8) is 0 Å². The summed E-state index contributed by atoms with van der Waals surface area (Å²) in [5.74, 6) is 1.49. The van der Waals surface area contributed by atoms with Gasteiger partial charge in [0.2, 0.25) is 0 Å². The normalized spacial score (nSPS) is 9.27. The molecule has 0 aliphatic rings. The van der Waals surface area contributed by atoms with E-state index in [1.54, 1.807) is 4.57 Å². The zero-order valence-corrected chi connectivity index (χ0v) is 6.39. The van der Waals surface area contributed by atoms with E-state index in [2.05, 4.69) is 20.2 Å². The molecule has 0 fully saturated rings. The standard InChI is InChI=1S/C5H8N6/c1-4-8-9-5(11(4)2)3-7-10-6/h3H2,1-2H3. The van der Waals surface area contributed by atoms with Crippen LogP contribution in [-0.4, -0.2) is 14.8 Å². The van der Waals surface area contributed by atoms with Crippen molar-refractivity contribution in [2.24, 2.45) is 12.2 Å². The molecule has 1 aromatic rings. The van der Waals surface area contributed by atoms with Gasteiger partial charge in [0.1, 0.15) is 11.6 Å². The molecule has 1 heterocycles. The van der Waals surface area contributed by atoms with Gasteiger partial charge in [-0.05, 0) is 12.5 Å². The Morgan fingerprint density at radius 2 is 2.36 bits per heavy atom. The minimum Gasteiger partial charge on any atom is -0.318 e. The quantitative estimate of drug-likeness (QED) is 0.359. The van der Waals surface area contributed by atoms with Crippen LogP contribution in [0.15, 0.2) is 5.11 Å². The fourth-order valence-corrected chi connectivity index (χ4v) is 0.684. The lowest BCUT2D eigenvalue weighted by atomic mass is 10.6. The van der Waals surface area contributed by atoms with E-state index in [-0.39, 0.29) is 6.54 Å². The average Bonchev–Trinajstić information content (AvgIpc) is 2.31. The van der Waals surface area contributed by atoms with E-state index in [1.165, 1.54) is 0 Å². The van der Waals surface area contributed by atoms with Crippen LogP contribution in [0.3, 0.4) is 0 Å². The maximum Gasteiger partial charge on any atom is 0.138 e. The molecule has 1 rings (SSSR count). The molecular weight excluding hydrogens is 144 g/mol. The summed E-state index contributed by atoms with van der Waals surface area (Å²) in [6, 6.07) is 0. The SMILES string of the molecule is Cc1nnc(CN=[N+]=[N-])n1C. The maximum atomic E-state index is 8.03. The second kappa shape index (κ2) is 3.03. The van der Waals surface area contributed by atoms with Crippen LogP contribution < -0.4 is 0 Å². The first-order chi connectivity index (χ1) is 5.25. The number of nitrogens with zero attached hydrogens (tertiary/aromatic N) is 6. The molecule has 0 unspecified atom stereocenters. The number of hydrogen-bond donors (Lipinski definition) is 0. The minimum absolute atomic E-state index is 0.258. The Morgan fingerprint density at radius 1 is 1.64 bits per heavy atom. The summed E-state index contributed by atoms with van der Waals surface area (Å²) in [4.78, 5) is 2.63. The van der Waals surface area contributed by atoms with Gasteiger partial charge in [0.25, 0.3) is 0 Å². The van der Waals surface area contributed by atoms with Gasteiger partial charge in [-0.1, -0.05) is 5.11 Å². The molecule has 0 amide bonds. The highest BCUT2D eigenvalue weighted by Gasteiger charge is 2.01. The minimum atomic E-state index is 0.258. The number of hydrogen-bond acceptors (Lipinski definition) is 3. The Bertz CT molecular complexity index is 294.